The molecule has 4 rings (SSSR count). The number of benzene rings is 2. The van der Waals surface area contributed by atoms with Gasteiger partial charge in [-0.15, -0.1) is 0 Å². The minimum atomic E-state index is -4.46. The van der Waals surface area contributed by atoms with Gasteiger partial charge in [-0.3, -0.25) is 4.79 Å². The van der Waals surface area contributed by atoms with Gasteiger partial charge < -0.3 is 5.32 Å². The first-order valence-corrected chi connectivity index (χ1v) is 8.58. The van der Waals surface area contributed by atoms with Crippen molar-refractivity contribution in [3.05, 3.63) is 77.1 Å². The molecule has 0 radical (unpaired) electrons. The van der Waals surface area contributed by atoms with Crippen LogP contribution in [0.4, 0.5) is 18.9 Å². The monoisotopic (exact) mass is 371 g/mol. The molecule has 1 heterocycles. The number of rotatable bonds is 3. The molecular formula is C20H16F3N3O. The summed E-state index contributed by atoms with van der Waals surface area (Å²) in [4.78, 5) is 12.7. The van der Waals surface area contributed by atoms with Crippen molar-refractivity contribution in [2.75, 3.05) is 5.32 Å². The second-order valence-electron chi connectivity index (χ2n) is 6.41. The van der Waals surface area contributed by atoms with Crippen molar-refractivity contribution in [1.82, 2.24) is 9.78 Å². The number of nitrogens with one attached hydrogen (secondary N) is 1. The molecule has 0 spiro atoms. The van der Waals surface area contributed by atoms with Crippen LogP contribution in [-0.2, 0) is 19.0 Å². The zero-order chi connectivity index (χ0) is 19.0. The van der Waals surface area contributed by atoms with Crippen molar-refractivity contribution in [1.29, 1.82) is 0 Å². The second kappa shape index (κ2) is 6.57. The fourth-order valence-electron chi connectivity index (χ4n) is 3.37. The van der Waals surface area contributed by atoms with Gasteiger partial charge >= 0.3 is 6.18 Å². The number of nitrogens with zero attached hydrogens (tertiary/aromatic N) is 2. The van der Waals surface area contributed by atoms with Crippen molar-refractivity contribution in [3.63, 3.8) is 0 Å². The Morgan fingerprint density at radius 2 is 1.81 bits per heavy atom. The highest BCUT2D eigenvalue weighted by Crippen LogP contribution is 2.31. The van der Waals surface area contributed by atoms with Crippen LogP contribution in [0.1, 0.15) is 33.7 Å². The lowest BCUT2D eigenvalue weighted by Gasteiger charge is -2.09. The lowest BCUT2D eigenvalue weighted by molar-refractivity contribution is -0.137. The van der Waals surface area contributed by atoms with E-state index in [9.17, 15) is 18.0 Å². The van der Waals surface area contributed by atoms with E-state index in [4.69, 9.17) is 0 Å². The van der Waals surface area contributed by atoms with E-state index in [1.807, 2.05) is 30.3 Å². The Labute approximate surface area is 153 Å². The van der Waals surface area contributed by atoms with E-state index in [1.54, 1.807) is 4.68 Å². The summed E-state index contributed by atoms with van der Waals surface area (Å²) < 4.78 is 40.4. The highest BCUT2D eigenvalue weighted by atomic mass is 19.4. The van der Waals surface area contributed by atoms with E-state index in [1.165, 1.54) is 12.1 Å². The Morgan fingerprint density at radius 3 is 2.56 bits per heavy atom. The first kappa shape index (κ1) is 17.3. The maximum atomic E-state index is 12.9. The molecule has 1 aromatic heterocycles. The van der Waals surface area contributed by atoms with Crippen molar-refractivity contribution >= 4 is 11.6 Å². The Bertz CT molecular complexity index is 993. The van der Waals surface area contributed by atoms with Crippen LogP contribution in [0.2, 0.25) is 0 Å². The molecule has 0 unspecified atom stereocenters. The summed E-state index contributed by atoms with van der Waals surface area (Å²) in [6.07, 6.45) is -2.00. The van der Waals surface area contributed by atoms with E-state index in [-0.39, 0.29) is 11.4 Å². The molecular weight excluding hydrogens is 355 g/mol. The summed E-state index contributed by atoms with van der Waals surface area (Å²) in [5.41, 5.74) is 2.26. The van der Waals surface area contributed by atoms with Gasteiger partial charge in [0.05, 0.1) is 11.3 Å². The summed E-state index contributed by atoms with van der Waals surface area (Å²) in [6.45, 7) is 0. The van der Waals surface area contributed by atoms with Gasteiger partial charge in [0.2, 0.25) is 0 Å². The number of hydrogen-bond acceptors (Lipinski definition) is 2. The van der Waals surface area contributed by atoms with Gasteiger partial charge in [-0.25, -0.2) is 4.68 Å². The minimum absolute atomic E-state index is 0.0934. The second-order valence-corrected chi connectivity index (χ2v) is 6.41. The lowest BCUT2D eigenvalue weighted by Crippen LogP contribution is -2.15. The van der Waals surface area contributed by atoms with Gasteiger partial charge in [0, 0.05) is 16.9 Å². The molecule has 0 bridgehead atoms. The third-order valence-corrected chi connectivity index (χ3v) is 4.59. The molecule has 138 valence electrons. The Morgan fingerprint density at radius 1 is 1.04 bits per heavy atom. The molecule has 3 aromatic rings. The predicted molar refractivity (Wildman–Crippen MR) is 95.0 cm³/mol. The van der Waals surface area contributed by atoms with Crippen LogP contribution in [0.5, 0.6) is 0 Å². The van der Waals surface area contributed by atoms with Crippen LogP contribution in [0, 0.1) is 0 Å². The Hall–Kier alpha value is -3.09. The van der Waals surface area contributed by atoms with Gasteiger partial charge in [-0.1, -0.05) is 24.3 Å². The van der Waals surface area contributed by atoms with Gasteiger partial charge in [-0.05, 0) is 49.6 Å². The molecule has 0 saturated carbocycles. The molecule has 1 amide bonds. The van der Waals surface area contributed by atoms with Gasteiger partial charge in [0.1, 0.15) is 0 Å². The number of halogens is 3. The average Bonchev–Trinajstić information content (AvgIpc) is 3.24. The fraction of sp³-hybridized carbons (Fsp3) is 0.200. The number of carbonyl (C=O) groups is 1. The third kappa shape index (κ3) is 3.32. The van der Waals surface area contributed by atoms with E-state index in [0.29, 0.717) is 0 Å². The van der Waals surface area contributed by atoms with E-state index in [2.05, 4.69) is 10.4 Å². The number of anilines is 1. The number of alkyl halides is 3. The number of fused-ring (bicyclic) bond motifs is 1. The zero-order valence-electron chi connectivity index (χ0n) is 14.3. The highest BCUT2D eigenvalue weighted by Gasteiger charge is 2.31. The minimum Gasteiger partial charge on any atom is -0.321 e. The summed E-state index contributed by atoms with van der Waals surface area (Å²) in [6, 6.07) is 14.1. The molecule has 0 saturated heterocycles. The first-order valence-electron chi connectivity index (χ1n) is 8.58. The molecule has 1 aliphatic rings. The molecule has 0 aliphatic heterocycles. The largest absolute Gasteiger partial charge is 0.416 e. The first-order chi connectivity index (χ1) is 12.9. The molecule has 2 aromatic carbocycles. The summed E-state index contributed by atoms with van der Waals surface area (Å²) in [5, 5.41) is 7.00. The molecule has 4 nitrogen and oxygen atoms in total. The Kier molecular flexibility index (Phi) is 4.22. The lowest BCUT2D eigenvalue weighted by atomic mass is 10.1. The van der Waals surface area contributed by atoms with Crippen LogP contribution in [0.15, 0.2) is 54.6 Å². The van der Waals surface area contributed by atoms with Crippen LogP contribution in [-0.4, -0.2) is 15.7 Å². The third-order valence-electron chi connectivity index (χ3n) is 4.59. The number of amides is 1. The molecule has 1 aliphatic carbocycles. The quantitative estimate of drug-likeness (QED) is 0.730. The van der Waals surface area contributed by atoms with Gasteiger partial charge in [-0.2, -0.15) is 18.3 Å². The predicted octanol–water partition coefficient (Wildman–Crippen LogP) is 4.63. The van der Waals surface area contributed by atoms with E-state index in [0.717, 1.165) is 48.3 Å². The Balaban J connectivity index is 1.66. The zero-order valence-corrected chi connectivity index (χ0v) is 14.3. The number of aromatic nitrogens is 2. The summed E-state index contributed by atoms with van der Waals surface area (Å²) in [5.74, 6) is -0.498. The van der Waals surface area contributed by atoms with Crippen molar-refractivity contribution < 1.29 is 18.0 Å². The maximum Gasteiger partial charge on any atom is 0.416 e. The molecule has 7 heteroatoms. The SMILES string of the molecule is O=C(Nc1cccc(C(F)(F)F)c1)c1nn(-c2ccccc2)c2c1CCC2. The number of carbonyl (C=O) groups excluding carboxylic acids is 1. The molecule has 27 heavy (non-hydrogen) atoms. The molecule has 0 atom stereocenters. The number of hydrogen-bond donors (Lipinski definition) is 1. The molecule has 1 N–H and O–H groups in total. The highest BCUT2D eigenvalue weighted by molar-refractivity contribution is 6.04. The van der Waals surface area contributed by atoms with Gasteiger partial charge in [0.15, 0.2) is 5.69 Å². The van der Waals surface area contributed by atoms with Crippen molar-refractivity contribution in [2.24, 2.45) is 0 Å². The standard InChI is InChI=1S/C20H16F3N3O/c21-20(22,23)13-6-4-7-14(12-13)24-19(27)18-16-10-5-11-17(16)26(25-18)15-8-2-1-3-9-15/h1-4,6-9,12H,5,10-11H2,(H,24,27). The van der Waals surface area contributed by atoms with Crippen LogP contribution < -0.4 is 5.32 Å². The number of para-hydroxylation sites is 1. The smallest absolute Gasteiger partial charge is 0.321 e. The van der Waals surface area contributed by atoms with E-state index >= 15 is 0 Å². The molecule has 0 fully saturated rings. The van der Waals surface area contributed by atoms with E-state index < -0.39 is 17.6 Å². The summed E-state index contributed by atoms with van der Waals surface area (Å²) >= 11 is 0. The van der Waals surface area contributed by atoms with Crippen LogP contribution in [0.25, 0.3) is 5.69 Å². The average molecular weight is 371 g/mol. The van der Waals surface area contributed by atoms with Crippen LogP contribution in [0.3, 0.4) is 0 Å². The van der Waals surface area contributed by atoms with Crippen molar-refractivity contribution in [3.8, 4) is 5.69 Å². The topological polar surface area (TPSA) is 46.9 Å². The maximum absolute atomic E-state index is 12.9. The fourth-order valence-corrected chi connectivity index (χ4v) is 3.37. The van der Waals surface area contributed by atoms with Crippen molar-refractivity contribution in [2.45, 2.75) is 25.4 Å². The normalized spacial score (nSPS) is 13.4. The van der Waals surface area contributed by atoms with Gasteiger partial charge in [0.25, 0.3) is 5.91 Å². The summed E-state index contributed by atoms with van der Waals surface area (Å²) in [7, 11) is 0. The van der Waals surface area contributed by atoms with Crippen LogP contribution >= 0.6 is 0 Å².